The van der Waals surface area contributed by atoms with Gasteiger partial charge in [0.2, 0.25) is 0 Å². The van der Waals surface area contributed by atoms with Crippen molar-refractivity contribution in [2.75, 3.05) is 12.3 Å². The molecule has 1 saturated heterocycles. The molecule has 16 nitrogen and oxygen atoms in total. The maximum atomic E-state index is 12.5. The van der Waals surface area contributed by atoms with Crippen LogP contribution in [0, 0.1) is 0 Å². The molecule has 1 aliphatic heterocycles. The van der Waals surface area contributed by atoms with Crippen LogP contribution >= 0.6 is 30.5 Å². The normalized spacial score (nSPS) is 22.6. The molecule has 5 heterocycles. The number of fused-ring (bicyclic) bond motifs is 2. The number of hydrogen-bond acceptors (Lipinski definition) is 16. The number of aliphatic hydroxyl groups is 2. The lowest BCUT2D eigenvalue weighted by molar-refractivity contribution is -0.0508. The van der Waals surface area contributed by atoms with Gasteiger partial charge in [-0.3, -0.25) is 14.0 Å². The highest BCUT2D eigenvalue weighted by Crippen LogP contribution is 2.45. The van der Waals surface area contributed by atoms with E-state index in [1.54, 1.807) is 12.1 Å². The zero-order valence-electron chi connectivity index (χ0n) is 19.8. The molecule has 4 aromatic heterocycles. The van der Waals surface area contributed by atoms with E-state index < -0.39 is 44.9 Å². The average Bonchev–Trinajstić information content (AvgIpc) is 3.69. The first kappa shape index (κ1) is 26.6. The van der Waals surface area contributed by atoms with Crippen molar-refractivity contribution < 1.29 is 43.4 Å². The molecule has 208 valence electrons. The van der Waals surface area contributed by atoms with Gasteiger partial charge in [-0.1, -0.05) is 0 Å². The predicted octanol–water partition coefficient (Wildman–Crippen LogP) is 1.44. The Labute approximate surface area is 230 Å². The lowest BCUT2D eigenvalue weighted by Crippen LogP contribution is -2.33. The van der Waals surface area contributed by atoms with Crippen molar-refractivity contribution in [1.29, 1.82) is 0 Å². The summed E-state index contributed by atoms with van der Waals surface area (Å²) in [5, 5.41) is 32.8. The summed E-state index contributed by atoms with van der Waals surface area (Å²) >= 11 is 2.31. The lowest BCUT2D eigenvalue weighted by Gasteiger charge is -2.17. The topological polar surface area (TPSA) is 238 Å². The Morgan fingerprint density at radius 3 is 2.83 bits per heavy atom. The minimum absolute atomic E-state index is 0.0836. The first-order chi connectivity index (χ1) is 19.1. The van der Waals surface area contributed by atoms with Crippen molar-refractivity contribution in [2.45, 2.75) is 24.5 Å². The number of phosphoric ester groups is 1. The molecule has 0 aliphatic carbocycles. The number of phosphoric acid groups is 1. The highest BCUT2D eigenvalue weighted by atomic mass is 32.1. The molecule has 0 amide bonds. The Hall–Kier alpha value is -3.61. The summed E-state index contributed by atoms with van der Waals surface area (Å²) in [6.45, 7) is -0.708. The van der Waals surface area contributed by atoms with Crippen LogP contribution in [-0.2, 0) is 18.3 Å². The molecule has 40 heavy (non-hydrogen) atoms. The number of aliphatic hydroxyl groups excluding tert-OH is 2. The average molecular weight is 608 g/mol. The number of aromatic nitrogens is 6. The van der Waals surface area contributed by atoms with Gasteiger partial charge < -0.3 is 30.3 Å². The molecule has 0 saturated carbocycles. The third-order valence-electron chi connectivity index (χ3n) is 5.87. The molecule has 19 heteroatoms. The fourth-order valence-corrected chi connectivity index (χ4v) is 6.48. The van der Waals surface area contributed by atoms with Crippen molar-refractivity contribution in [1.82, 2.24) is 29.5 Å². The Bertz CT molecular complexity index is 1790. The van der Waals surface area contributed by atoms with Crippen LogP contribution < -0.4 is 5.73 Å². The van der Waals surface area contributed by atoms with Gasteiger partial charge in [-0.2, -0.15) is 0 Å². The van der Waals surface area contributed by atoms with E-state index in [1.807, 2.05) is 0 Å². The van der Waals surface area contributed by atoms with E-state index in [0.29, 0.717) is 20.2 Å². The van der Waals surface area contributed by atoms with E-state index in [4.69, 9.17) is 15.0 Å². The van der Waals surface area contributed by atoms with Crippen molar-refractivity contribution in [3.8, 4) is 15.8 Å². The van der Waals surface area contributed by atoms with Crippen LogP contribution in [0.3, 0.4) is 0 Å². The van der Waals surface area contributed by atoms with Crippen LogP contribution in [0.4, 0.5) is 5.82 Å². The van der Waals surface area contributed by atoms with Crippen LogP contribution in [0.2, 0.25) is 0 Å². The molecule has 6 N–H and O–H groups in total. The molecule has 1 fully saturated rings. The van der Waals surface area contributed by atoms with Crippen molar-refractivity contribution in [3.63, 3.8) is 0 Å². The van der Waals surface area contributed by atoms with E-state index in [9.17, 15) is 29.6 Å². The Morgan fingerprint density at radius 1 is 1.18 bits per heavy atom. The Balaban J connectivity index is 1.10. The minimum Gasteiger partial charge on any atom is -0.508 e. The third kappa shape index (κ3) is 4.91. The number of nitrogens with zero attached hydrogens (tertiary/aromatic N) is 6. The van der Waals surface area contributed by atoms with Crippen LogP contribution in [0.25, 0.3) is 31.4 Å². The van der Waals surface area contributed by atoms with Gasteiger partial charge in [-0.05, 0) is 18.2 Å². The summed E-state index contributed by atoms with van der Waals surface area (Å²) in [6, 6.07) is 4.68. The smallest absolute Gasteiger partial charge is 0.508 e. The Kier molecular flexibility index (Phi) is 6.71. The van der Waals surface area contributed by atoms with Crippen LogP contribution in [0.5, 0.6) is 5.75 Å². The third-order valence-corrected chi connectivity index (χ3v) is 8.74. The molecule has 0 radical (unpaired) electrons. The van der Waals surface area contributed by atoms with Gasteiger partial charge >= 0.3 is 13.8 Å². The monoisotopic (exact) mass is 607 g/mol. The molecule has 5 aromatic rings. The van der Waals surface area contributed by atoms with Crippen LogP contribution in [-0.4, -0.2) is 80.6 Å². The van der Waals surface area contributed by atoms with E-state index >= 15 is 0 Å². The van der Waals surface area contributed by atoms with Gasteiger partial charge in [-0.15, -0.1) is 22.7 Å². The molecule has 1 aliphatic rings. The number of imidazole rings is 1. The van der Waals surface area contributed by atoms with E-state index in [0.717, 1.165) is 11.3 Å². The molecule has 6 rings (SSSR count). The van der Waals surface area contributed by atoms with Gasteiger partial charge in [0.25, 0.3) is 0 Å². The number of nitrogens with two attached hydrogens (primary N) is 1. The quantitative estimate of drug-likeness (QED) is 0.165. The largest absolute Gasteiger partial charge is 0.529 e. The fourth-order valence-electron chi connectivity index (χ4n) is 3.97. The second-order valence-corrected chi connectivity index (χ2v) is 11.7. The second kappa shape index (κ2) is 10.1. The number of hydrogen-bond donors (Lipinski definition) is 5. The summed E-state index contributed by atoms with van der Waals surface area (Å²) < 4.78 is 29.7. The summed E-state index contributed by atoms with van der Waals surface area (Å²) in [4.78, 5) is 43.1. The van der Waals surface area contributed by atoms with E-state index in [2.05, 4.69) is 29.4 Å². The summed E-state index contributed by atoms with van der Waals surface area (Å²) in [5.41, 5.74) is 6.65. The lowest BCUT2D eigenvalue weighted by atomic mass is 10.1. The number of carbonyl (C=O) groups is 1. The zero-order chi connectivity index (χ0) is 28.2. The molecule has 0 spiro atoms. The predicted molar refractivity (Wildman–Crippen MR) is 139 cm³/mol. The van der Waals surface area contributed by atoms with Gasteiger partial charge in [-0.25, -0.2) is 34.3 Å². The number of phenolic OH excluding ortho intramolecular Hbond substituents is 1. The highest BCUT2D eigenvalue weighted by Gasteiger charge is 2.45. The number of thiazole rings is 2. The number of benzene rings is 1. The fraction of sp³-hybridized carbons (Fsp3) is 0.238. The van der Waals surface area contributed by atoms with Gasteiger partial charge in [0.15, 0.2) is 33.4 Å². The first-order valence-corrected chi connectivity index (χ1v) is 14.5. The van der Waals surface area contributed by atoms with Crippen LogP contribution in [0.1, 0.15) is 16.7 Å². The SMILES string of the molecule is Nc1ncnc2c1ncn2[C@@H]1O[C@H](COP(=O)(O)OC(=O)c2csc(-c3nc4ccc(O)cc4s3)n2)[C@@H](O)[C@H]1O. The zero-order valence-corrected chi connectivity index (χ0v) is 22.4. The maximum absolute atomic E-state index is 12.5. The van der Waals surface area contributed by atoms with Gasteiger partial charge in [0.05, 0.1) is 23.2 Å². The summed E-state index contributed by atoms with van der Waals surface area (Å²) in [6.07, 6.45) is -2.99. The summed E-state index contributed by atoms with van der Waals surface area (Å²) in [5.74, 6) is -1.03. The van der Waals surface area contributed by atoms with Crippen molar-refractivity contribution in [2.24, 2.45) is 0 Å². The number of nitrogen functional groups attached to an aromatic ring is 1. The first-order valence-electron chi connectivity index (χ1n) is 11.3. The van der Waals surface area contributed by atoms with Crippen LogP contribution in [0.15, 0.2) is 36.2 Å². The molecule has 1 aromatic carbocycles. The molecular formula is C21H18N7O9PS2. The number of aromatic hydroxyl groups is 1. The Morgan fingerprint density at radius 2 is 2.00 bits per heavy atom. The van der Waals surface area contributed by atoms with E-state index in [-0.39, 0.29) is 28.4 Å². The van der Waals surface area contributed by atoms with E-state index in [1.165, 1.54) is 40.0 Å². The number of phenols is 1. The second-order valence-electron chi connectivity index (χ2n) is 8.48. The van der Waals surface area contributed by atoms with Gasteiger partial charge in [0, 0.05) is 5.38 Å². The van der Waals surface area contributed by atoms with Gasteiger partial charge in [0.1, 0.15) is 35.9 Å². The molecule has 5 atom stereocenters. The maximum Gasteiger partial charge on any atom is 0.529 e. The number of ether oxygens (including phenoxy) is 1. The molecule has 0 bridgehead atoms. The highest BCUT2D eigenvalue weighted by molar-refractivity contribution is 7.48. The van der Waals surface area contributed by atoms with Crippen molar-refractivity contribution >= 4 is 63.7 Å². The summed E-state index contributed by atoms with van der Waals surface area (Å²) in [7, 11) is -4.98. The number of anilines is 1. The molecule has 1 unspecified atom stereocenters. The minimum atomic E-state index is -4.98. The van der Waals surface area contributed by atoms with Crippen molar-refractivity contribution in [3.05, 3.63) is 41.9 Å². The number of rotatable bonds is 7. The standard InChI is InChI=1S/C21H18N7O9PS2/c22-16-13-17(24-6-23-16)28(7-25-13)20-15(31)14(30)11(36-20)4-35-38(33,34)37-21(32)10-5-39-18(27-10)19-26-9-2-1-8(29)3-12(9)40-19/h1-3,5-7,11,14-15,20,29-31H,4H2,(H,33,34)(H2,22,23,24)/t11-,14-,15-,20-/m1/s1. The molecular weight excluding hydrogens is 589 g/mol. The number of carbonyl (C=O) groups excluding carboxylic acids is 1.